The van der Waals surface area contributed by atoms with Crippen LogP contribution in [0.25, 0.3) is 10.9 Å². The Hall–Kier alpha value is -2.76. The third-order valence-electron chi connectivity index (χ3n) is 7.51. The highest BCUT2D eigenvalue weighted by Gasteiger charge is 2.43. The van der Waals surface area contributed by atoms with Crippen molar-refractivity contribution in [2.75, 3.05) is 44.8 Å². The Labute approximate surface area is 216 Å². The van der Waals surface area contributed by atoms with Crippen LogP contribution < -0.4 is 5.32 Å². The Balaban J connectivity index is 1.52. The van der Waals surface area contributed by atoms with E-state index in [1.807, 2.05) is 4.90 Å². The number of aliphatic hydroxyl groups excluding tert-OH is 1. The minimum Gasteiger partial charge on any atom is -0.390 e. The summed E-state index contributed by atoms with van der Waals surface area (Å²) in [7, 11) is 0. The molecule has 0 aliphatic carbocycles. The molecule has 11 heteroatoms. The molecule has 0 amide bonds. The van der Waals surface area contributed by atoms with E-state index < -0.39 is 60.8 Å². The van der Waals surface area contributed by atoms with E-state index >= 15 is 8.78 Å². The van der Waals surface area contributed by atoms with Crippen LogP contribution in [-0.4, -0.2) is 77.4 Å². The third kappa shape index (κ3) is 5.11. The second-order valence-corrected chi connectivity index (χ2v) is 10.3. The van der Waals surface area contributed by atoms with E-state index in [-0.39, 0.29) is 11.7 Å². The Morgan fingerprint density at radius 1 is 1.11 bits per heavy atom. The van der Waals surface area contributed by atoms with E-state index in [2.05, 4.69) is 10.3 Å². The minimum atomic E-state index is -3.51. The number of halogens is 6. The van der Waals surface area contributed by atoms with Gasteiger partial charge >= 0.3 is 0 Å². The highest BCUT2D eigenvalue weighted by Crippen LogP contribution is 2.44. The molecule has 3 heterocycles. The SMILES string of the molecule is C[C@@H]1Cc2c([nH]c3cc(F)ccc23)[C@@H](c2c(F)cc(NC3CN(CCCF)C3)cc2F)N1CC(F)(F)CO. The lowest BCUT2D eigenvalue weighted by atomic mass is 9.87. The van der Waals surface area contributed by atoms with Crippen molar-refractivity contribution in [2.24, 2.45) is 0 Å². The molecule has 0 unspecified atom stereocenters. The highest BCUT2D eigenvalue weighted by molar-refractivity contribution is 5.85. The molecule has 2 aliphatic heterocycles. The summed E-state index contributed by atoms with van der Waals surface area (Å²) in [4.78, 5) is 6.34. The van der Waals surface area contributed by atoms with Gasteiger partial charge in [0.15, 0.2) is 0 Å². The van der Waals surface area contributed by atoms with Crippen LogP contribution in [0.2, 0.25) is 0 Å². The number of nitrogens with zero attached hydrogens (tertiary/aromatic N) is 2. The molecular weight excluding hydrogens is 510 g/mol. The maximum atomic E-state index is 15.7. The first kappa shape index (κ1) is 26.8. The Bertz CT molecular complexity index is 1290. The first-order chi connectivity index (χ1) is 18.1. The van der Waals surface area contributed by atoms with Gasteiger partial charge in [0.05, 0.1) is 25.3 Å². The summed E-state index contributed by atoms with van der Waals surface area (Å²) in [6.07, 6.45) is 0.723. The lowest BCUT2D eigenvalue weighted by Crippen LogP contribution is -2.54. The zero-order valence-electron chi connectivity index (χ0n) is 20.9. The fourth-order valence-electron chi connectivity index (χ4n) is 5.70. The van der Waals surface area contributed by atoms with Gasteiger partial charge in [0, 0.05) is 53.5 Å². The lowest BCUT2D eigenvalue weighted by Gasteiger charge is -2.42. The van der Waals surface area contributed by atoms with Crippen LogP contribution in [0.4, 0.5) is 32.0 Å². The van der Waals surface area contributed by atoms with Gasteiger partial charge in [-0.2, -0.15) is 0 Å². The van der Waals surface area contributed by atoms with Gasteiger partial charge in [-0.05, 0) is 55.7 Å². The number of H-pyrrole nitrogens is 1. The monoisotopic (exact) mass is 540 g/mol. The highest BCUT2D eigenvalue weighted by atomic mass is 19.3. The molecule has 0 spiro atoms. The van der Waals surface area contributed by atoms with Crippen molar-refractivity contribution in [3.8, 4) is 0 Å². The molecule has 0 radical (unpaired) electrons. The maximum Gasteiger partial charge on any atom is 0.283 e. The quantitative estimate of drug-likeness (QED) is 0.335. The molecule has 0 bridgehead atoms. The number of rotatable bonds is 9. The second kappa shape index (κ2) is 10.4. The summed E-state index contributed by atoms with van der Waals surface area (Å²) >= 11 is 0. The van der Waals surface area contributed by atoms with E-state index in [0.717, 1.165) is 12.1 Å². The van der Waals surface area contributed by atoms with Crippen LogP contribution in [0.3, 0.4) is 0 Å². The molecular formula is C27H30F6N4O. The topological polar surface area (TPSA) is 54.5 Å². The molecule has 206 valence electrons. The molecule has 5 nitrogen and oxygen atoms in total. The number of benzene rings is 2. The molecule has 1 fully saturated rings. The number of aromatic amines is 1. The van der Waals surface area contributed by atoms with E-state index in [4.69, 9.17) is 0 Å². The largest absolute Gasteiger partial charge is 0.390 e. The van der Waals surface area contributed by atoms with Crippen molar-refractivity contribution in [3.05, 3.63) is 64.6 Å². The van der Waals surface area contributed by atoms with Crippen LogP contribution in [0.15, 0.2) is 30.3 Å². The summed E-state index contributed by atoms with van der Waals surface area (Å²) in [5.74, 6) is -5.83. The number of alkyl halides is 3. The molecule has 5 rings (SSSR count). The zero-order chi connectivity index (χ0) is 27.2. The second-order valence-electron chi connectivity index (χ2n) is 10.3. The van der Waals surface area contributed by atoms with Crippen LogP contribution >= 0.6 is 0 Å². The molecule has 1 aromatic heterocycles. The number of aliphatic hydroxyl groups is 1. The number of likely N-dealkylation sites (tertiary alicyclic amines) is 1. The maximum absolute atomic E-state index is 15.7. The first-order valence-electron chi connectivity index (χ1n) is 12.7. The first-order valence-corrected chi connectivity index (χ1v) is 12.7. The van der Waals surface area contributed by atoms with Crippen molar-refractivity contribution < 1.29 is 31.4 Å². The van der Waals surface area contributed by atoms with E-state index in [1.165, 1.54) is 17.0 Å². The van der Waals surface area contributed by atoms with Gasteiger partial charge in [0.25, 0.3) is 5.92 Å². The molecule has 0 saturated carbocycles. The molecule has 2 aliphatic rings. The van der Waals surface area contributed by atoms with E-state index in [0.29, 0.717) is 54.6 Å². The number of hydrogen-bond acceptors (Lipinski definition) is 4. The van der Waals surface area contributed by atoms with Crippen molar-refractivity contribution >= 4 is 16.6 Å². The van der Waals surface area contributed by atoms with Crippen LogP contribution in [0.5, 0.6) is 0 Å². The fourth-order valence-corrected chi connectivity index (χ4v) is 5.70. The Kier molecular flexibility index (Phi) is 7.36. The third-order valence-corrected chi connectivity index (χ3v) is 7.51. The predicted octanol–water partition coefficient (Wildman–Crippen LogP) is 5.00. The predicted molar refractivity (Wildman–Crippen MR) is 133 cm³/mol. The summed E-state index contributed by atoms with van der Waals surface area (Å²) in [6, 6.07) is 4.53. The molecule has 3 aromatic rings. The van der Waals surface area contributed by atoms with Gasteiger partial charge < -0.3 is 15.4 Å². The van der Waals surface area contributed by atoms with Crippen molar-refractivity contribution in [1.82, 2.24) is 14.8 Å². The molecule has 3 N–H and O–H groups in total. The Morgan fingerprint density at radius 2 is 1.82 bits per heavy atom. The van der Waals surface area contributed by atoms with Gasteiger partial charge in [-0.15, -0.1) is 0 Å². The standard InChI is InChI=1S/C27H30F6N4O/c1-15-7-20-19-4-3-16(29)8-23(19)35-25(20)26(37(15)13-27(32,33)14-38)24-21(30)9-17(10-22(24)31)34-18-11-36(12-18)6-2-5-28/h3-4,8-10,15,18,26,34-35,38H,2,5-7,11-14H2,1H3/t15-,26-/m1/s1. The molecule has 38 heavy (non-hydrogen) atoms. The summed E-state index contributed by atoms with van der Waals surface area (Å²) in [6.45, 7) is 0.790. The number of hydrogen-bond donors (Lipinski definition) is 3. The smallest absolute Gasteiger partial charge is 0.283 e. The van der Waals surface area contributed by atoms with Crippen LogP contribution in [0.1, 0.15) is 36.2 Å². The Morgan fingerprint density at radius 3 is 2.47 bits per heavy atom. The summed E-state index contributed by atoms with van der Waals surface area (Å²) < 4.78 is 86.5. The summed E-state index contributed by atoms with van der Waals surface area (Å²) in [5, 5.41) is 13.0. The van der Waals surface area contributed by atoms with E-state index in [1.54, 1.807) is 13.0 Å². The minimum absolute atomic E-state index is 0.0519. The van der Waals surface area contributed by atoms with Gasteiger partial charge in [-0.25, -0.2) is 22.0 Å². The zero-order valence-corrected chi connectivity index (χ0v) is 20.9. The van der Waals surface area contributed by atoms with Gasteiger partial charge in [-0.3, -0.25) is 14.2 Å². The van der Waals surface area contributed by atoms with Crippen molar-refractivity contribution in [1.29, 1.82) is 0 Å². The molecule has 2 aromatic carbocycles. The van der Waals surface area contributed by atoms with Gasteiger partial charge in [0.1, 0.15) is 24.1 Å². The van der Waals surface area contributed by atoms with Crippen molar-refractivity contribution in [2.45, 2.75) is 43.8 Å². The fraction of sp³-hybridized carbons (Fsp3) is 0.481. The van der Waals surface area contributed by atoms with Crippen LogP contribution in [-0.2, 0) is 6.42 Å². The number of aromatic nitrogens is 1. The van der Waals surface area contributed by atoms with Crippen LogP contribution in [0, 0.1) is 17.5 Å². The number of anilines is 1. The molecule has 2 atom stereocenters. The average Bonchev–Trinajstić information content (AvgIpc) is 3.18. The van der Waals surface area contributed by atoms with Crippen molar-refractivity contribution in [3.63, 3.8) is 0 Å². The van der Waals surface area contributed by atoms with E-state index in [9.17, 15) is 22.7 Å². The lowest BCUT2D eigenvalue weighted by molar-refractivity contribution is -0.0869. The van der Waals surface area contributed by atoms with Gasteiger partial charge in [-0.1, -0.05) is 0 Å². The number of nitrogens with one attached hydrogen (secondary N) is 2. The average molecular weight is 541 g/mol. The van der Waals surface area contributed by atoms with Gasteiger partial charge in [0.2, 0.25) is 0 Å². The number of fused-ring (bicyclic) bond motifs is 3. The molecule has 1 saturated heterocycles. The normalized spacial score (nSPS) is 21.1. The summed E-state index contributed by atoms with van der Waals surface area (Å²) in [5.41, 5.74) is 1.23.